The lowest BCUT2D eigenvalue weighted by atomic mass is 10.0. The first-order valence-electron chi connectivity index (χ1n) is 11.0. The molecule has 5 rings (SSSR count). The molecule has 0 aliphatic carbocycles. The van der Waals surface area contributed by atoms with Gasteiger partial charge in [-0.2, -0.15) is 0 Å². The summed E-state index contributed by atoms with van der Waals surface area (Å²) in [4.78, 5) is 24.3. The van der Waals surface area contributed by atoms with Gasteiger partial charge in [-0.05, 0) is 36.2 Å². The van der Waals surface area contributed by atoms with Crippen molar-refractivity contribution in [3.8, 4) is 17.3 Å². The summed E-state index contributed by atoms with van der Waals surface area (Å²) < 4.78 is 8.50. The van der Waals surface area contributed by atoms with Gasteiger partial charge in [0, 0.05) is 67.1 Å². The van der Waals surface area contributed by atoms with E-state index in [0.717, 1.165) is 42.3 Å². The van der Waals surface area contributed by atoms with Crippen LogP contribution in [0.3, 0.4) is 0 Å². The van der Waals surface area contributed by atoms with E-state index < -0.39 is 0 Å². The summed E-state index contributed by atoms with van der Waals surface area (Å²) in [6.45, 7) is 3.56. The Bertz CT molecular complexity index is 1180. The summed E-state index contributed by atoms with van der Waals surface area (Å²) in [5, 5.41) is 0.693. The van der Waals surface area contributed by atoms with Gasteiger partial charge >= 0.3 is 0 Å². The zero-order valence-electron chi connectivity index (χ0n) is 18.3. The molecule has 9 heteroatoms. The SMILES string of the molecule is CCc1cnc(N2CCC(Oc3ccncn3)C(n3ccnc3-c3ccc(Cl)cc3)C2)nc1. The van der Waals surface area contributed by atoms with Crippen molar-refractivity contribution in [1.82, 2.24) is 29.5 Å². The number of benzene rings is 1. The lowest BCUT2D eigenvalue weighted by Crippen LogP contribution is -2.47. The minimum atomic E-state index is -0.105. The number of halogens is 1. The average molecular weight is 462 g/mol. The van der Waals surface area contributed by atoms with E-state index in [9.17, 15) is 0 Å². The second-order valence-corrected chi connectivity index (χ2v) is 8.35. The number of anilines is 1. The Kier molecular flexibility index (Phi) is 6.17. The Hall–Kier alpha value is -3.52. The van der Waals surface area contributed by atoms with Crippen LogP contribution in [-0.4, -0.2) is 48.7 Å². The summed E-state index contributed by atoms with van der Waals surface area (Å²) in [5.74, 6) is 2.15. The first kappa shape index (κ1) is 21.3. The number of nitrogens with zero attached hydrogens (tertiary/aromatic N) is 7. The normalized spacial score (nSPS) is 18.3. The van der Waals surface area contributed by atoms with Crippen LogP contribution in [0.1, 0.15) is 24.9 Å². The maximum Gasteiger partial charge on any atom is 0.225 e. The van der Waals surface area contributed by atoms with E-state index in [-0.39, 0.29) is 12.1 Å². The van der Waals surface area contributed by atoms with Crippen LogP contribution in [0.5, 0.6) is 5.88 Å². The fourth-order valence-corrected chi connectivity index (χ4v) is 4.22. The van der Waals surface area contributed by atoms with Gasteiger partial charge < -0.3 is 14.2 Å². The number of aryl methyl sites for hydroxylation is 1. The van der Waals surface area contributed by atoms with Crippen molar-refractivity contribution in [1.29, 1.82) is 0 Å². The molecule has 4 aromatic rings. The van der Waals surface area contributed by atoms with Gasteiger partial charge in [0.05, 0.1) is 6.04 Å². The Morgan fingerprint density at radius 2 is 1.85 bits per heavy atom. The maximum absolute atomic E-state index is 6.33. The highest BCUT2D eigenvalue weighted by Crippen LogP contribution is 2.31. The fourth-order valence-electron chi connectivity index (χ4n) is 4.10. The van der Waals surface area contributed by atoms with Gasteiger partial charge in [-0.25, -0.2) is 24.9 Å². The van der Waals surface area contributed by atoms with Crippen LogP contribution in [-0.2, 0) is 6.42 Å². The Morgan fingerprint density at radius 1 is 1.03 bits per heavy atom. The van der Waals surface area contributed by atoms with Crippen LogP contribution < -0.4 is 9.64 Å². The molecule has 0 saturated carbocycles. The minimum absolute atomic E-state index is 0.0312. The highest BCUT2D eigenvalue weighted by atomic mass is 35.5. The first-order chi connectivity index (χ1) is 16.2. The predicted octanol–water partition coefficient (Wildman–Crippen LogP) is 4.24. The van der Waals surface area contributed by atoms with Crippen molar-refractivity contribution in [2.24, 2.45) is 0 Å². The quantitative estimate of drug-likeness (QED) is 0.424. The molecule has 3 aromatic heterocycles. The molecular formula is C24H24ClN7O. The number of rotatable bonds is 6. The van der Waals surface area contributed by atoms with Gasteiger partial charge in [0.1, 0.15) is 18.3 Å². The monoisotopic (exact) mass is 461 g/mol. The topological polar surface area (TPSA) is 81.9 Å². The smallest absolute Gasteiger partial charge is 0.225 e. The van der Waals surface area contributed by atoms with Crippen LogP contribution >= 0.6 is 11.6 Å². The molecule has 0 amide bonds. The van der Waals surface area contributed by atoms with Crippen LogP contribution in [0.4, 0.5) is 5.95 Å². The second-order valence-electron chi connectivity index (χ2n) is 7.92. The number of hydrogen-bond acceptors (Lipinski definition) is 7. The third kappa shape index (κ3) is 4.66. The van der Waals surface area contributed by atoms with Gasteiger partial charge in [-0.15, -0.1) is 0 Å². The van der Waals surface area contributed by atoms with E-state index >= 15 is 0 Å². The first-order valence-corrected chi connectivity index (χ1v) is 11.4. The van der Waals surface area contributed by atoms with Crippen LogP contribution in [0.2, 0.25) is 5.02 Å². The van der Waals surface area contributed by atoms with E-state index in [0.29, 0.717) is 17.4 Å². The third-order valence-electron chi connectivity index (χ3n) is 5.86. The summed E-state index contributed by atoms with van der Waals surface area (Å²) >= 11 is 6.10. The minimum Gasteiger partial charge on any atom is -0.472 e. The molecule has 2 atom stereocenters. The molecule has 1 aromatic carbocycles. The van der Waals surface area contributed by atoms with Crippen LogP contribution in [0.15, 0.2) is 67.6 Å². The molecular weight excluding hydrogens is 438 g/mol. The molecule has 8 nitrogen and oxygen atoms in total. The Balaban J connectivity index is 1.48. The number of piperidine rings is 1. The zero-order valence-corrected chi connectivity index (χ0v) is 19.0. The lowest BCUT2D eigenvalue weighted by molar-refractivity contribution is 0.111. The van der Waals surface area contributed by atoms with E-state index in [1.807, 2.05) is 49.1 Å². The molecule has 0 bridgehead atoms. The van der Waals surface area contributed by atoms with Crippen LogP contribution in [0, 0.1) is 0 Å². The van der Waals surface area contributed by atoms with Gasteiger partial charge in [0.15, 0.2) is 0 Å². The molecule has 33 heavy (non-hydrogen) atoms. The van der Waals surface area contributed by atoms with Crippen molar-refractivity contribution in [2.75, 3.05) is 18.0 Å². The van der Waals surface area contributed by atoms with E-state index in [1.165, 1.54) is 6.33 Å². The van der Waals surface area contributed by atoms with Crippen molar-refractivity contribution in [3.63, 3.8) is 0 Å². The number of imidazole rings is 1. The largest absolute Gasteiger partial charge is 0.472 e. The summed E-state index contributed by atoms with van der Waals surface area (Å²) in [6, 6.07) is 9.46. The van der Waals surface area contributed by atoms with Gasteiger partial charge in [0.2, 0.25) is 11.8 Å². The molecule has 0 radical (unpaired) electrons. The van der Waals surface area contributed by atoms with Crippen molar-refractivity contribution in [2.45, 2.75) is 31.9 Å². The lowest BCUT2D eigenvalue weighted by Gasteiger charge is -2.39. The van der Waals surface area contributed by atoms with E-state index in [1.54, 1.807) is 12.3 Å². The average Bonchev–Trinajstić information content (AvgIpc) is 3.35. The van der Waals surface area contributed by atoms with E-state index in [2.05, 4.69) is 41.3 Å². The molecule has 1 saturated heterocycles. The third-order valence-corrected chi connectivity index (χ3v) is 6.11. The maximum atomic E-state index is 6.33. The number of aromatic nitrogens is 6. The standard InChI is InChI=1S/C24H24ClN7O/c1-2-17-13-28-24(29-14-17)31-11-8-21(33-22-7-9-26-16-30-22)20(15-31)32-12-10-27-23(32)18-3-5-19(25)6-4-18/h3-7,9-10,12-14,16,20-21H,2,8,11,15H2,1H3. The van der Waals surface area contributed by atoms with Gasteiger partial charge in [0.25, 0.3) is 0 Å². The fraction of sp³-hybridized carbons (Fsp3) is 0.292. The molecule has 0 N–H and O–H groups in total. The Labute approximate surface area is 197 Å². The number of ether oxygens (including phenoxy) is 1. The Morgan fingerprint density at radius 3 is 2.58 bits per heavy atom. The van der Waals surface area contributed by atoms with Crippen molar-refractivity contribution < 1.29 is 4.74 Å². The number of hydrogen-bond donors (Lipinski definition) is 0. The zero-order chi connectivity index (χ0) is 22.6. The van der Waals surface area contributed by atoms with Gasteiger partial charge in [-0.1, -0.05) is 18.5 Å². The molecule has 0 spiro atoms. The second kappa shape index (κ2) is 9.54. The summed E-state index contributed by atoms with van der Waals surface area (Å²) in [6.07, 6.45) is 12.4. The van der Waals surface area contributed by atoms with Gasteiger partial charge in [-0.3, -0.25) is 0 Å². The predicted molar refractivity (Wildman–Crippen MR) is 126 cm³/mol. The van der Waals surface area contributed by atoms with Crippen molar-refractivity contribution >= 4 is 17.5 Å². The van der Waals surface area contributed by atoms with Crippen LogP contribution in [0.25, 0.3) is 11.4 Å². The van der Waals surface area contributed by atoms with Crippen molar-refractivity contribution in [3.05, 3.63) is 78.2 Å². The summed E-state index contributed by atoms with van der Waals surface area (Å²) in [7, 11) is 0. The molecule has 168 valence electrons. The van der Waals surface area contributed by atoms with E-state index in [4.69, 9.17) is 16.3 Å². The highest BCUT2D eigenvalue weighted by Gasteiger charge is 2.34. The molecule has 2 unspecified atom stereocenters. The molecule has 1 fully saturated rings. The summed E-state index contributed by atoms with van der Waals surface area (Å²) in [5.41, 5.74) is 2.11. The highest BCUT2D eigenvalue weighted by molar-refractivity contribution is 6.30. The molecule has 1 aliphatic rings. The molecule has 4 heterocycles. The molecule has 1 aliphatic heterocycles.